The number of aliphatic hydroxyl groups is 1. The van der Waals surface area contributed by atoms with Crippen LogP contribution in [-0.4, -0.2) is 85.1 Å². The van der Waals surface area contributed by atoms with Crippen LogP contribution in [0, 0.1) is 0 Å². The Morgan fingerprint density at radius 3 is 1.91 bits per heavy atom. The maximum Gasteiger partial charge on any atom is 0.326 e. The number of nitrogens with one attached hydrogen (secondary N) is 5. The van der Waals surface area contributed by atoms with E-state index < -0.39 is 48.4 Å². The molecule has 0 spiro atoms. The van der Waals surface area contributed by atoms with Gasteiger partial charge < -0.3 is 41.9 Å². The smallest absolute Gasteiger partial charge is 0.326 e. The fourth-order valence-corrected chi connectivity index (χ4v) is 2.78. The highest BCUT2D eigenvalue weighted by Crippen LogP contribution is 2.02. The molecule has 174 valence electrons. The highest BCUT2D eigenvalue weighted by atomic mass is 16.4. The zero-order valence-corrected chi connectivity index (χ0v) is 17.1. The summed E-state index contributed by atoms with van der Waals surface area (Å²) in [5.41, 5.74) is 6.39. The van der Waals surface area contributed by atoms with E-state index in [2.05, 4.69) is 35.9 Å². The van der Waals surface area contributed by atoms with Crippen LogP contribution in [0.5, 0.6) is 0 Å². The number of aromatic amines is 2. The molecule has 0 aliphatic carbocycles. The van der Waals surface area contributed by atoms with E-state index in [1.807, 2.05) is 0 Å². The van der Waals surface area contributed by atoms with E-state index in [9.17, 15) is 29.4 Å². The summed E-state index contributed by atoms with van der Waals surface area (Å²) in [6.07, 6.45) is 5.61. The van der Waals surface area contributed by atoms with Gasteiger partial charge in [0.05, 0.1) is 19.3 Å². The average molecular weight is 450 g/mol. The molecule has 3 atom stereocenters. The van der Waals surface area contributed by atoms with E-state index in [-0.39, 0.29) is 25.8 Å². The normalized spacial score (nSPS) is 13.6. The van der Waals surface area contributed by atoms with E-state index in [1.54, 1.807) is 0 Å². The molecule has 0 bridgehead atoms. The van der Waals surface area contributed by atoms with Crippen molar-refractivity contribution in [2.45, 2.75) is 37.4 Å². The number of hydrogen-bond acceptors (Lipinski definition) is 8. The van der Waals surface area contributed by atoms with Gasteiger partial charge in [0.1, 0.15) is 18.1 Å². The number of carbonyl (C=O) groups is 4. The van der Waals surface area contributed by atoms with Gasteiger partial charge >= 0.3 is 5.97 Å². The first kappa shape index (κ1) is 24.5. The Hall–Kier alpha value is -3.78. The van der Waals surface area contributed by atoms with Crippen LogP contribution in [0.3, 0.4) is 0 Å². The first-order valence-electron chi connectivity index (χ1n) is 9.72. The molecule has 0 radical (unpaired) electrons. The predicted molar refractivity (Wildman–Crippen MR) is 109 cm³/mol. The van der Waals surface area contributed by atoms with Crippen LogP contribution in [0.1, 0.15) is 17.8 Å². The maximum absolute atomic E-state index is 12.7. The van der Waals surface area contributed by atoms with Crippen LogP contribution in [0.4, 0.5) is 0 Å². The Morgan fingerprint density at radius 1 is 0.906 bits per heavy atom. The Labute approximate surface area is 182 Å². The Morgan fingerprint density at radius 2 is 1.44 bits per heavy atom. The number of amides is 3. The van der Waals surface area contributed by atoms with Gasteiger partial charge in [-0.15, -0.1) is 0 Å². The lowest BCUT2D eigenvalue weighted by molar-refractivity contribution is -0.142. The van der Waals surface area contributed by atoms with Gasteiger partial charge in [-0.05, 0) is 0 Å². The molecule has 9 N–H and O–H groups in total. The highest BCUT2D eigenvalue weighted by molar-refractivity contribution is 5.93. The topological polar surface area (TPSA) is 228 Å². The van der Waals surface area contributed by atoms with Crippen molar-refractivity contribution in [3.63, 3.8) is 0 Å². The van der Waals surface area contributed by atoms with Gasteiger partial charge in [0.2, 0.25) is 17.7 Å². The maximum atomic E-state index is 12.7. The van der Waals surface area contributed by atoms with Gasteiger partial charge in [-0.1, -0.05) is 0 Å². The van der Waals surface area contributed by atoms with Crippen LogP contribution in [0.15, 0.2) is 25.0 Å². The van der Waals surface area contributed by atoms with Crippen molar-refractivity contribution in [2.75, 3.05) is 13.2 Å². The number of nitrogens with two attached hydrogens (primary N) is 1. The van der Waals surface area contributed by atoms with Gasteiger partial charge in [-0.25, -0.2) is 14.8 Å². The molecule has 14 nitrogen and oxygen atoms in total. The number of carboxylic acid groups (broad SMARTS) is 1. The standard InChI is InChI=1S/C18H26N8O6/c19-2-1-15(28)24-12(3-10-5-20-8-22-10)16(29)26-14(7-27)17(30)25-13(18(31)32)4-11-6-21-9-23-11/h5-6,8-9,12-14,27H,1-4,7,19H2,(H,20,22)(H,21,23)(H,24,28)(H,25,30)(H,26,29)(H,31,32)/t12-,13-,14-/m0/s1. The van der Waals surface area contributed by atoms with Crippen LogP contribution in [-0.2, 0) is 32.0 Å². The first-order chi connectivity index (χ1) is 15.3. The molecular formula is C18H26N8O6. The van der Waals surface area contributed by atoms with E-state index in [0.717, 1.165) is 0 Å². The SMILES string of the molecule is NCCC(=O)N[C@@H](Cc1cnc[nH]1)C(=O)N[C@@H](CO)C(=O)N[C@@H](Cc1cnc[nH]1)C(=O)O. The van der Waals surface area contributed by atoms with Gasteiger partial charge in [-0.3, -0.25) is 14.4 Å². The number of nitrogens with zero attached hydrogens (tertiary/aromatic N) is 2. The summed E-state index contributed by atoms with van der Waals surface area (Å²) in [6.45, 7) is -0.708. The number of imidazole rings is 2. The molecule has 0 unspecified atom stereocenters. The Bertz CT molecular complexity index is 885. The van der Waals surface area contributed by atoms with Crippen LogP contribution < -0.4 is 21.7 Å². The number of H-pyrrole nitrogens is 2. The molecule has 2 rings (SSSR count). The lowest BCUT2D eigenvalue weighted by Gasteiger charge is -2.23. The van der Waals surface area contributed by atoms with Crippen molar-refractivity contribution in [3.05, 3.63) is 36.4 Å². The molecular weight excluding hydrogens is 424 g/mol. The monoisotopic (exact) mass is 450 g/mol. The second-order valence-electron chi connectivity index (χ2n) is 6.86. The first-order valence-corrected chi connectivity index (χ1v) is 9.72. The number of aliphatic hydroxyl groups excluding tert-OH is 1. The molecule has 0 aromatic carbocycles. The van der Waals surface area contributed by atoms with Crippen molar-refractivity contribution >= 4 is 23.7 Å². The zero-order chi connectivity index (χ0) is 23.5. The van der Waals surface area contributed by atoms with Gasteiger partial charge in [0, 0.05) is 49.6 Å². The second kappa shape index (κ2) is 12.2. The number of aliphatic carboxylic acids is 1. The largest absolute Gasteiger partial charge is 0.480 e. The van der Waals surface area contributed by atoms with E-state index in [0.29, 0.717) is 11.4 Å². The number of rotatable bonds is 13. The Balaban J connectivity index is 2.04. The van der Waals surface area contributed by atoms with Crippen molar-refractivity contribution < 1.29 is 29.4 Å². The summed E-state index contributed by atoms with van der Waals surface area (Å²) in [4.78, 5) is 61.9. The van der Waals surface area contributed by atoms with Crippen molar-refractivity contribution in [1.82, 2.24) is 35.9 Å². The zero-order valence-electron chi connectivity index (χ0n) is 17.1. The molecule has 0 saturated carbocycles. The summed E-state index contributed by atoms with van der Waals surface area (Å²) in [5.74, 6) is -3.43. The van der Waals surface area contributed by atoms with E-state index >= 15 is 0 Å². The molecule has 2 aromatic rings. The van der Waals surface area contributed by atoms with Gasteiger partial charge in [0.15, 0.2) is 0 Å². The van der Waals surface area contributed by atoms with Crippen LogP contribution in [0.2, 0.25) is 0 Å². The Kier molecular flexibility index (Phi) is 9.31. The third-order valence-electron chi connectivity index (χ3n) is 4.41. The number of aromatic nitrogens is 4. The van der Waals surface area contributed by atoms with Crippen LogP contribution >= 0.6 is 0 Å². The molecule has 14 heteroatoms. The second-order valence-corrected chi connectivity index (χ2v) is 6.86. The van der Waals surface area contributed by atoms with Crippen molar-refractivity contribution in [2.24, 2.45) is 5.73 Å². The van der Waals surface area contributed by atoms with Gasteiger partial charge in [-0.2, -0.15) is 0 Å². The fourth-order valence-electron chi connectivity index (χ4n) is 2.78. The minimum atomic E-state index is -1.44. The molecule has 0 fully saturated rings. The van der Waals surface area contributed by atoms with Gasteiger partial charge in [0.25, 0.3) is 0 Å². The molecule has 2 heterocycles. The summed E-state index contributed by atoms with van der Waals surface area (Å²) >= 11 is 0. The summed E-state index contributed by atoms with van der Waals surface area (Å²) in [7, 11) is 0. The highest BCUT2D eigenvalue weighted by Gasteiger charge is 2.29. The molecule has 0 aliphatic heterocycles. The number of carbonyl (C=O) groups excluding carboxylic acids is 3. The molecule has 0 saturated heterocycles. The number of hydrogen-bond donors (Lipinski definition) is 8. The average Bonchev–Trinajstić information content (AvgIpc) is 3.45. The lowest BCUT2D eigenvalue weighted by atomic mass is 10.1. The fraction of sp³-hybridized carbons (Fsp3) is 0.444. The summed E-state index contributed by atoms with van der Waals surface area (Å²) < 4.78 is 0. The van der Waals surface area contributed by atoms with Crippen LogP contribution in [0.25, 0.3) is 0 Å². The lowest BCUT2D eigenvalue weighted by Crippen LogP contribution is -2.57. The third kappa shape index (κ3) is 7.48. The minimum Gasteiger partial charge on any atom is -0.480 e. The van der Waals surface area contributed by atoms with E-state index in [1.165, 1.54) is 25.0 Å². The number of carboxylic acids is 1. The minimum absolute atomic E-state index is 0.00936. The van der Waals surface area contributed by atoms with E-state index in [4.69, 9.17) is 5.73 Å². The summed E-state index contributed by atoms with van der Waals surface area (Å²) in [6, 6.07) is -3.85. The van der Waals surface area contributed by atoms with Crippen molar-refractivity contribution in [1.29, 1.82) is 0 Å². The molecule has 32 heavy (non-hydrogen) atoms. The molecule has 0 aliphatic rings. The molecule has 2 aromatic heterocycles. The summed E-state index contributed by atoms with van der Waals surface area (Å²) in [5, 5.41) is 26.1. The van der Waals surface area contributed by atoms with Crippen molar-refractivity contribution in [3.8, 4) is 0 Å². The predicted octanol–water partition coefficient (Wildman–Crippen LogP) is -3.20. The quantitative estimate of drug-likeness (QED) is 0.153. The third-order valence-corrected chi connectivity index (χ3v) is 4.41. The molecule has 3 amide bonds.